The van der Waals surface area contributed by atoms with Crippen molar-refractivity contribution >= 4 is 23.3 Å². The van der Waals surface area contributed by atoms with E-state index in [0.29, 0.717) is 22.7 Å². The van der Waals surface area contributed by atoms with Gasteiger partial charge in [0.2, 0.25) is 5.91 Å². The summed E-state index contributed by atoms with van der Waals surface area (Å²) in [6.45, 7) is 10.2. The van der Waals surface area contributed by atoms with E-state index in [1.807, 2.05) is 77.1 Å². The summed E-state index contributed by atoms with van der Waals surface area (Å²) in [5, 5.41) is 5.61. The van der Waals surface area contributed by atoms with Gasteiger partial charge in [-0.15, -0.1) is 0 Å². The molecule has 2 N–H and O–H groups in total. The van der Waals surface area contributed by atoms with Crippen LogP contribution in [-0.2, 0) is 11.2 Å². The number of ether oxygens (including phenoxy) is 2. The van der Waals surface area contributed by atoms with Crippen LogP contribution < -0.4 is 20.1 Å². The van der Waals surface area contributed by atoms with Crippen LogP contribution in [0, 0.1) is 20.8 Å². The van der Waals surface area contributed by atoms with Gasteiger partial charge in [0.25, 0.3) is 0 Å². The molecule has 8 heteroatoms. The molecular weight excluding hydrogens is 509 g/mol. The summed E-state index contributed by atoms with van der Waals surface area (Å²) in [4.78, 5) is 27.3. The molecule has 40 heavy (non-hydrogen) atoms. The van der Waals surface area contributed by atoms with E-state index in [1.54, 1.807) is 23.1 Å². The van der Waals surface area contributed by atoms with Crippen molar-refractivity contribution in [2.24, 2.45) is 0 Å². The van der Waals surface area contributed by atoms with Gasteiger partial charge in [-0.1, -0.05) is 55.8 Å². The van der Waals surface area contributed by atoms with Crippen LogP contribution >= 0.6 is 0 Å². The lowest BCUT2D eigenvalue weighted by Crippen LogP contribution is -2.40. The van der Waals surface area contributed by atoms with Crippen LogP contribution in [0.2, 0.25) is 0 Å². The molecule has 214 valence electrons. The fourth-order valence-corrected chi connectivity index (χ4v) is 4.68. The van der Waals surface area contributed by atoms with Crippen LogP contribution in [0.3, 0.4) is 0 Å². The maximum Gasteiger partial charge on any atom is 0.323 e. The number of carbonyl (C=O) groups excluding carboxylic acids is 2. The summed E-state index contributed by atoms with van der Waals surface area (Å²) in [7, 11) is 1.50. The van der Waals surface area contributed by atoms with Crippen molar-refractivity contribution < 1.29 is 23.5 Å². The Balaban J connectivity index is 0.00000216. The Bertz CT molecular complexity index is 1310. The zero-order valence-electron chi connectivity index (χ0n) is 24.2. The lowest BCUT2D eigenvalue weighted by molar-refractivity contribution is -0.132. The predicted molar refractivity (Wildman–Crippen MR) is 158 cm³/mol. The van der Waals surface area contributed by atoms with Crippen LogP contribution in [0.15, 0.2) is 60.7 Å². The van der Waals surface area contributed by atoms with Gasteiger partial charge in [0.1, 0.15) is 24.3 Å². The summed E-state index contributed by atoms with van der Waals surface area (Å²) in [6, 6.07) is 17.8. The number of para-hydroxylation sites is 1. The van der Waals surface area contributed by atoms with Crippen molar-refractivity contribution in [3.05, 3.63) is 82.9 Å². The first-order chi connectivity index (χ1) is 19.2. The van der Waals surface area contributed by atoms with Crippen molar-refractivity contribution in [1.82, 2.24) is 4.90 Å². The van der Waals surface area contributed by atoms with E-state index in [2.05, 4.69) is 10.6 Å². The van der Waals surface area contributed by atoms with Crippen LogP contribution in [0.25, 0.3) is 0 Å². The molecule has 3 aromatic rings. The second kappa shape index (κ2) is 14.4. The lowest BCUT2D eigenvalue weighted by atomic mass is 10.1. The van der Waals surface area contributed by atoms with E-state index >= 15 is 0 Å². The number of methoxy groups -OCH3 is 1. The largest absolute Gasteiger partial charge is 0.495 e. The van der Waals surface area contributed by atoms with Gasteiger partial charge in [-0.3, -0.25) is 4.79 Å². The lowest BCUT2D eigenvalue weighted by Gasteiger charge is -2.25. The van der Waals surface area contributed by atoms with Crippen molar-refractivity contribution in [2.75, 3.05) is 30.9 Å². The quantitative estimate of drug-likeness (QED) is 0.322. The molecule has 7 nitrogen and oxygen atoms in total. The van der Waals surface area contributed by atoms with E-state index in [4.69, 9.17) is 9.47 Å². The van der Waals surface area contributed by atoms with Gasteiger partial charge in [0, 0.05) is 12.1 Å². The topological polar surface area (TPSA) is 79.9 Å². The number of hydrogen-bond donors (Lipinski definition) is 2. The number of urea groups is 1. The molecule has 1 aliphatic rings. The van der Waals surface area contributed by atoms with Crippen LogP contribution in [0.4, 0.5) is 20.6 Å². The molecule has 1 heterocycles. The molecule has 0 aliphatic carbocycles. The fraction of sp³-hybridized carbons (Fsp3) is 0.375. The van der Waals surface area contributed by atoms with Crippen LogP contribution in [0.1, 0.15) is 42.5 Å². The predicted octanol–water partition coefficient (Wildman–Crippen LogP) is 6.85. The first-order valence-electron chi connectivity index (χ1n) is 13.7. The highest BCUT2D eigenvalue weighted by Gasteiger charge is 2.35. The minimum Gasteiger partial charge on any atom is -0.495 e. The van der Waals surface area contributed by atoms with Crippen LogP contribution in [0.5, 0.6) is 11.5 Å². The van der Waals surface area contributed by atoms with E-state index < -0.39 is 12.2 Å². The highest BCUT2D eigenvalue weighted by molar-refractivity contribution is 6.01. The number of rotatable bonds is 8. The zero-order valence-corrected chi connectivity index (χ0v) is 24.2. The maximum absolute atomic E-state index is 14.3. The summed E-state index contributed by atoms with van der Waals surface area (Å²) in [5.41, 5.74) is 4.97. The third-order valence-corrected chi connectivity index (χ3v) is 6.71. The molecule has 0 radical (unpaired) electrons. The van der Waals surface area contributed by atoms with Crippen molar-refractivity contribution in [3.8, 4) is 11.5 Å². The van der Waals surface area contributed by atoms with E-state index in [-0.39, 0.29) is 37.9 Å². The smallest absolute Gasteiger partial charge is 0.323 e. The Kier molecular flexibility index (Phi) is 10.9. The van der Waals surface area contributed by atoms with E-state index in [0.717, 1.165) is 22.4 Å². The number of halogens is 1. The van der Waals surface area contributed by atoms with Gasteiger partial charge in [-0.05, 0) is 61.7 Å². The molecule has 2 atom stereocenters. The van der Waals surface area contributed by atoms with Crippen molar-refractivity contribution in [3.63, 3.8) is 0 Å². The Morgan fingerprint density at radius 3 is 2.35 bits per heavy atom. The molecule has 1 saturated heterocycles. The second-order valence-corrected chi connectivity index (χ2v) is 9.72. The Morgan fingerprint density at radius 1 is 0.925 bits per heavy atom. The zero-order chi connectivity index (χ0) is 29.2. The number of amides is 3. The first-order valence-corrected chi connectivity index (χ1v) is 13.7. The molecule has 0 spiro atoms. The molecule has 0 saturated carbocycles. The molecule has 0 bridgehead atoms. The molecular formula is C32H40FN3O4. The normalized spacial score (nSPS) is 16.0. The van der Waals surface area contributed by atoms with Gasteiger partial charge in [0.05, 0.1) is 31.8 Å². The summed E-state index contributed by atoms with van der Waals surface area (Å²) in [6.07, 6.45) is -0.753. The molecule has 2 unspecified atom stereocenters. The second-order valence-electron chi connectivity index (χ2n) is 9.72. The average molecular weight is 550 g/mol. The van der Waals surface area contributed by atoms with E-state index in [9.17, 15) is 14.0 Å². The Labute approximate surface area is 236 Å². The number of carbonyl (C=O) groups is 2. The fourth-order valence-electron chi connectivity index (χ4n) is 4.68. The maximum atomic E-state index is 14.3. The van der Waals surface area contributed by atoms with Crippen molar-refractivity contribution in [1.29, 1.82) is 0 Å². The van der Waals surface area contributed by atoms with Gasteiger partial charge < -0.3 is 25.0 Å². The number of nitrogens with zero attached hydrogens (tertiary/aromatic N) is 1. The third-order valence-electron chi connectivity index (χ3n) is 6.71. The Hall–Kier alpha value is -4.07. The Morgan fingerprint density at radius 2 is 1.65 bits per heavy atom. The number of alkyl halides is 1. The minimum absolute atomic E-state index is 0.0512. The highest BCUT2D eigenvalue weighted by atomic mass is 19.1. The SMILES string of the molecule is CC.COc1cc(CC(=O)N2CC(F)CC2COc2ccc(C)cc2C)ccc1NC(=O)Nc1ccccc1C. The minimum atomic E-state index is -1.08. The van der Waals surface area contributed by atoms with Crippen molar-refractivity contribution in [2.45, 2.75) is 59.7 Å². The average Bonchev–Trinajstić information content (AvgIpc) is 3.32. The van der Waals surface area contributed by atoms with Crippen LogP contribution in [-0.4, -0.2) is 49.3 Å². The van der Waals surface area contributed by atoms with Gasteiger partial charge in [-0.25, -0.2) is 9.18 Å². The summed E-state index contributed by atoms with van der Waals surface area (Å²) in [5.74, 6) is 0.985. The molecule has 4 rings (SSSR count). The summed E-state index contributed by atoms with van der Waals surface area (Å²) >= 11 is 0. The standard InChI is InChI=1S/C30H34FN3O4.C2H6/c1-19-9-12-27(21(3)13-19)38-18-24-16-23(31)17-34(24)29(35)15-22-10-11-26(28(14-22)37-4)33-30(36)32-25-8-6-5-7-20(25)2;1-2/h5-14,23-24H,15-18H2,1-4H3,(H2,32,33,36);1-2H3. The number of aryl methyl sites for hydroxylation is 3. The third kappa shape index (κ3) is 7.97. The first kappa shape index (κ1) is 30.5. The monoisotopic (exact) mass is 549 g/mol. The molecule has 3 aromatic carbocycles. The number of anilines is 2. The number of likely N-dealkylation sites (tertiary alicyclic amines) is 1. The molecule has 0 aromatic heterocycles. The van der Waals surface area contributed by atoms with Gasteiger partial charge in [-0.2, -0.15) is 0 Å². The number of benzene rings is 3. The van der Waals surface area contributed by atoms with E-state index in [1.165, 1.54) is 7.11 Å². The highest BCUT2D eigenvalue weighted by Crippen LogP contribution is 2.28. The summed E-state index contributed by atoms with van der Waals surface area (Å²) < 4.78 is 25.8. The molecule has 1 fully saturated rings. The molecule has 3 amide bonds. The number of nitrogens with one attached hydrogen (secondary N) is 2. The number of hydrogen-bond acceptors (Lipinski definition) is 4. The molecule has 1 aliphatic heterocycles. The van der Waals surface area contributed by atoms with Gasteiger partial charge >= 0.3 is 6.03 Å². The van der Waals surface area contributed by atoms with Gasteiger partial charge in [0.15, 0.2) is 0 Å².